The molecule has 0 bridgehead atoms. The van der Waals surface area contributed by atoms with Crippen LogP contribution in [0.5, 0.6) is 0 Å². The van der Waals surface area contributed by atoms with Crippen molar-refractivity contribution >= 4 is 11.8 Å². The van der Waals surface area contributed by atoms with E-state index in [2.05, 4.69) is 15.3 Å². The lowest BCUT2D eigenvalue weighted by Crippen LogP contribution is -2.42. The number of rotatable bonds is 3. The Hall–Kier alpha value is -2.12. The van der Waals surface area contributed by atoms with E-state index in [1.54, 1.807) is 9.91 Å². The van der Waals surface area contributed by atoms with Gasteiger partial charge in [-0.2, -0.15) is 5.10 Å². The summed E-state index contributed by atoms with van der Waals surface area (Å²) in [5.41, 5.74) is 0.389. The molecule has 0 spiro atoms. The van der Waals surface area contributed by atoms with Gasteiger partial charge in [0.2, 0.25) is 0 Å². The summed E-state index contributed by atoms with van der Waals surface area (Å²) in [5.74, 6) is 1.54. The molecule has 8 nitrogen and oxygen atoms in total. The Morgan fingerprint density at radius 3 is 2.57 bits per heavy atom. The van der Waals surface area contributed by atoms with E-state index in [1.165, 1.54) is 0 Å². The average Bonchev–Trinajstić information content (AvgIpc) is 2.85. The molecule has 0 saturated heterocycles. The van der Waals surface area contributed by atoms with Crippen LogP contribution in [0.25, 0.3) is 0 Å². The maximum atomic E-state index is 12.2. The third-order valence-electron chi connectivity index (χ3n) is 3.32. The number of carbonyl (C=O) groups is 1. The zero-order valence-electron chi connectivity index (χ0n) is 14.8. The molecule has 1 aliphatic rings. The minimum atomic E-state index is -0.499. The quantitative estimate of drug-likeness (QED) is 0.625. The summed E-state index contributed by atoms with van der Waals surface area (Å²) in [6.07, 6.45) is 0.456. The molecule has 2 rings (SSSR count). The van der Waals surface area contributed by atoms with E-state index in [0.29, 0.717) is 19.6 Å². The molecule has 128 valence electrons. The monoisotopic (exact) mass is 322 g/mol. The minimum absolute atomic E-state index is 0.314. The normalized spacial score (nSPS) is 15.4. The Morgan fingerprint density at radius 2 is 2.00 bits per heavy atom. The van der Waals surface area contributed by atoms with Gasteiger partial charge in [0.15, 0.2) is 11.6 Å². The number of carbonyl (C=O) groups excluding carboxylic acids is 1. The number of ether oxygens (including phenoxy) is 1. The predicted octanol–water partition coefficient (Wildman–Crippen LogP) is 1.70. The van der Waals surface area contributed by atoms with Crippen molar-refractivity contribution in [3.05, 3.63) is 11.6 Å². The summed E-state index contributed by atoms with van der Waals surface area (Å²) in [4.78, 5) is 13.8. The van der Waals surface area contributed by atoms with Crippen LogP contribution in [0, 0.1) is 0 Å². The Balaban J connectivity index is 2.17. The van der Waals surface area contributed by atoms with Crippen molar-refractivity contribution in [1.29, 1.82) is 0 Å². The minimum Gasteiger partial charge on any atom is -0.444 e. The summed E-state index contributed by atoms with van der Waals surface area (Å²) in [6.45, 7) is 9.25. The van der Waals surface area contributed by atoms with E-state index in [1.807, 2.05) is 46.4 Å². The van der Waals surface area contributed by atoms with Crippen LogP contribution in [0.4, 0.5) is 4.79 Å². The first-order chi connectivity index (χ1) is 10.7. The molecular weight excluding hydrogens is 296 g/mol. The molecule has 1 aromatic heterocycles. The fourth-order valence-electron chi connectivity index (χ4n) is 2.37. The van der Waals surface area contributed by atoms with Gasteiger partial charge in [-0.3, -0.25) is 4.90 Å². The van der Waals surface area contributed by atoms with E-state index in [-0.39, 0.29) is 6.09 Å². The highest BCUT2D eigenvalue weighted by molar-refractivity contribution is 5.97. The standard InChI is InChI=1S/C15H26N6O2/c1-7-11(18-19(5)6)13-17-16-12-10-20(8-9-21(12)13)14(22)23-15(2,3)4/h7-10H2,1-6H3/b18-11+. The number of hydrogen-bond acceptors (Lipinski definition) is 6. The van der Waals surface area contributed by atoms with Crippen LogP contribution in [0.2, 0.25) is 0 Å². The van der Waals surface area contributed by atoms with Crippen molar-refractivity contribution in [2.75, 3.05) is 20.6 Å². The number of nitrogens with zero attached hydrogens (tertiary/aromatic N) is 6. The van der Waals surface area contributed by atoms with Crippen LogP contribution in [0.15, 0.2) is 5.10 Å². The Morgan fingerprint density at radius 1 is 1.30 bits per heavy atom. The van der Waals surface area contributed by atoms with Crippen molar-refractivity contribution in [3.63, 3.8) is 0 Å². The van der Waals surface area contributed by atoms with Crippen molar-refractivity contribution in [2.24, 2.45) is 5.10 Å². The van der Waals surface area contributed by atoms with E-state index in [0.717, 1.165) is 23.8 Å². The van der Waals surface area contributed by atoms with Gasteiger partial charge in [-0.25, -0.2) is 4.79 Å². The van der Waals surface area contributed by atoms with Gasteiger partial charge in [-0.15, -0.1) is 10.2 Å². The maximum Gasteiger partial charge on any atom is 0.410 e. The van der Waals surface area contributed by atoms with Gasteiger partial charge in [-0.1, -0.05) is 6.92 Å². The van der Waals surface area contributed by atoms with E-state index in [9.17, 15) is 4.79 Å². The fourth-order valence-corrected chi connectivity index (χ4v) is 2.37. The second-order valence-corrected chi connectivity index (χ2v) is 6.74. The smallest absolute Gasteiger partial charge is 0.410 e. The molecule has 8 heteroatoms. The maximum absolute atomic E-state index is 12.2. The molecule has 0 radical (unpaired) electrons. The SMILES string of the molecule is CC/C(=N\N(C)C)c1nnc2n1CCN(C(=O)OC(C)(C)C)C2. The Bertz CT molecular complexity index is 600. The molecule has 1 aromatic rings. The second-order valence-electron chi connectivity index (χ2n) is 6.74. The highest BCUT2D eigenvalue weighted by atomic mass is 16.6. The van der Waals surface area contributed by atoms with Gasteiger partial charge in [-0.05, 0) is 27.2 Å². The largest absolute Gasteiger partial charge is 0.444 e. The lowest BCUT2D eigenvalue weighted by atomic mass is 10.2. The van der Waals surface area contributed by atoms with Crippen LogP contribution in [-0.2, 0) is 17.8 Å². The molecule has 23 heavy (non-hydrogen) atoms. The number of hydrazone groups is 1. The van der Waals surface area contributed by atoms with Gasteiger partial charge >= 0.3 is 6.09 Å². The third kappa shape index (κ3) is 4.20. The average molecular weight is 322 g/mol. The summed E-state index contributed by atoms with van der Waals surface area (Å²) < 4.78 is 7.45. The topological polar surface area (TPSA) is 75.9 Å². The molecule has 0 aliphatic carbocycles. The van der Waals surface area contributed by atoms with Crippen LogP contribution in [0.1, 0.15) is 45.8 Å². The molecular formula is C15H26N6O2. The number of fused-ring (bicyclic) bond motifs is 1. The molecule has 1 amide bonds. The van der Waals surface area contributed by atoms with E-state index in [4.69, 9.17) is 4.74 Å². The van der Waals surface area contributed by atoms with Crippen molar-refractivity contribution in [3.8, 4) is 0 Å². The van der Waals surface area contributed by atoms with Gasteiger partial charge in [0.1, 0.15) is 11.3 Å². The van der Waals surface area contributed by atoms with E-state index >= 15 is 0 Å². The first-order valence-corrected chi connectivity index (χ1v) is 7.86. The second kappa shape index (κ2) is 6.55. The summed E-state index contributed by atoms with van der Waals surface area (Å²) >= 11 is 0. The third-order valence-corrected chi connectivity index (χ3v) is 3.32. The Kier molecular flexibility index (Phi) is 4.91. The van der Waals surface area contributed by atoms with Crippen LogP contribution in [-0.4, -0.2) is 62.7 Å². The van der Waals surface area contributed by atoms with Crippen molar-refractivity contribution in [1.82, 2.24) is 24.7 Å². The lowest BCUT2D eigenvalue weighted by molar-refractivity contribution is 0.0195. The predicted molar refractivity (Wildman–Crippen MR) is 87.2 cm³/mol. The summed E-state index contributed by atoms with van der Waals surface area (Å²) in [7, 11) is 3.76. The van der Waals surface area contributed by atoms with Gasteiger partial charge < -0.3 is 14.3 Å². The summed E-state index contributed by atoms with van der Waals surface area (Å²) in [6, 6.07) is 0. The highest BCUT2D eigenvalue weighted by Crippen LogP contribution is 2.17. The molecule has 1 aliphatic heterocycles. The van der Waals surface area contributed by atoms with Gasteiger partial charge in [0, 0.05) is 27.2 Å². The van der Waals surface area contributed by atoms with Crippen LogP contribution >= 0.6 is 0 Å². The van der Waals surface area contributed by atoms with Crippen molar-refractivity contribution in [2.45, 2.75) is 52.8 Å². The van der Waals surface area contributed by atoms with Gasteiger partial charge in [0.05, 0.1) is 6.54 Å². The summed E-state index contributed by atoms with van der Waals surface area (Å²) in [5, 5.41) is 14.7. The fraction of sp³-hybridized carbons (Fsp3) is 0.733. The molecule has 0 unspecified atom stereocenters. The van der Waals surface area contributed by atoms with E-state index < -0.39 is 5.60 Å². The Labute approximate surface area is 137 Å². The number of aromatic nitrogens is 3. The number of amides is 1. The molecule has 2 heterocycles. The molecule has 0 aromatic carbocycles. The van der Waals surface area contributed by atoms with Crippen LogP contribution < -0.4 is 0 Å². The highest BCUT2D eigenvalue weighted by Gasteiger charge is 2.28. The molecule has 0 atom stereocenters. The first kappa shape index (κ1) is 17.2. The zero-order chi connectivity index (χ0) is 17.2. The lowest BCUT2D eigenvalue weighted by Gasteiger charge is -2.30. The van der Waals surface area contributed by atoms with Crippen LogP contribution in [0.3, 0.4) is 0 Å². The molecule has 0 fully saturated rings. The molecule has 0 saturated carbocycles. The van der Waals surface area contributed by atoms with Gasteiger partial charge in [0.25, 0.3) is 0 Å². The molecule has 0 N–H and O–H groups in total. The van der Waals surface area contributed by atoms with Crippen molar-refractivity contribution < 1.29 is 9.53 Å². The first-order valence-electron chi connectivity index (χ1n) is 7.86. The number of hydrogen-bond donors (Lipinski definition) is 0. The zero-order valence-corrected chi connectivity index (χ0v) is 14.8.